The zero-order chi connectivity index (χ0) is 13.8. The van der Waals surface area contributed by atoms with Gasteiger partial charge in [-0.2, -0.15) is 10.2 Å². The number of aryl methyl sites for hydroxylation is 1. The maximum atomic E-state index is 6.14. The van der Waals surface area contributed by atoms with Crippen LogP contribution in [0.15, 0.2) is 6.20 Å². The number of halogens is 1. The second kappa shape index (κ2) is 6.31. The molecule has 2 aromatic rings. The second-order valence-electron chi connectivity index (χ2n) is 4.05. The standard InChI is InChI=1S/C11H16ClN5OS/c1-3-18-6-4-5-17-10(13-14-11(17)19)9-8(12)7-16(2)15-9/h7H,3-6H2,1-2H3,(H,14,19). The van der Waals surface area contributed by atoms with Gasteiger partial charge in [-0.15, -0.1) is 0 Å². The van der Waals surface area contributed by atoms with E-state index in [4.69, 9.17) is 28.6 Å². The molecular formula is C11H16ClN5OS. The Morgan fingerprint density at radius 3 is 2.95 bits per heavy atom. The van der Waals surface area contributed by atoms with Crippen molar-refractivity contribution in [2.75, 3.05) is 13.2 Å². The Bertz CT molecular complexity index is 602. The normalized spacial score (nSPS) is 11.1. The van der Waals surface area contributed by atoms with Crippen LogP contribution in [0.4, 0.5) is 0 Å². The van der Waals surface area contributed by atoms with Crippen molar-refractivity contribution < 1.29 is 4.74 Å². The van der Waals surface area contributed by atoms with E-state index in [1.165, 1.54) is 0 Å². The summed E-state index contributed by atoms with van der Waals surface area (Å²) in [5.74, 6) is 0.659. The molecule has 0 bridgehead atoms. The lowest BCUT2D eigenvalue weighted by Gasteiger charge is -2.05. The number of nitrogens with zero attached hydrogens (tertiary/aromatic N) is 4. The van der Waals surface area contributed by atoms with Crippen LogP contribution in [0.25, 0.3) is 11.5 Å². The van der Waals surface area contributed by atoms with Gasteiger partial charge in [0.25, 0.3) is 0 Å². The summed E-state index contributed by atoms with van der Waals surface area (Å²) in [6, 6.07) is 0. The fourth-order valence-electron chi connectivity index (χ4n) is 1.79. The number of H-pyrrole nitrogens is 1. The first kappa shape index (κ1) is 14.2. The summed E-state index contributed by atoms with van der Waals surface area (Å²) in [7, 11) is 1.82. The SMILES string of the molecule is CCOCCCn1c(-c2nn(C)cc2Cl)n[nH]c1=S. The molecule has 0 atom stereocenters. The van der Waals surface area contributed by atoms with Crippen molar-refractivity contribution >= 4 is 23.8 Å². The highest BCUT2D eigenvalue weighted by Gasteiger charge is 2.15. The lowest BCUT2D eigenvalue weighted by molar-refractivity contribution is 0.141. The molecular weight excluding hydrogens is 286 g/mol. The summed E-state index contributed by atoms with van der Waals surface area (Å²) in [5, 5.41) is 11.8. The smallest absolute Gasteiger partial charge is 0.195 e. The van der Waals surface area contributed by atoms with E-state index in [0.717, 1.165) is 19.6 Å². The zero-order valence-corrected chi connectivity index (χ0v) is 12.5. The lowest BCUT2D eigenvalue weighted by atomic mass is 10.4. The number of ether oxygens (including phenoxy) is 1. The molecule has 0 fully saturated rings. The summed E-state index contributed by atoms with van der Waals surface area (Å²) in [6.45, 7) is 4.11. The van der Waals surface area contributed by atoms with Crippen LogP contribution in [0.1, 0.15) is 13.3 Å². The monoisotopic (exact) mass is 301 g/mol. The first-order valence-corrected chi connectivity index (χ1v) is 6.84. The van der Waals surface area contributed by atoms with Crippen LogP contribution in [0.3, 0.4) is 0 Å². The van der Waals surface area contributed by atoms with E-state index in [1.54, 1.807) is 10.9 Å². The largest absolute Gasteiger partial charge is 0.382 e. The van der Waals surface area contributed by atoms with Gasteiger partial charge in [-0.25, -0.2) is 0 Å². The molecule has 0 spiro atoms. The van der Waals surface area contributed by atoms with Gasteiger partial charge in [0.1, 0.15) is 5.69 Å². The molecule has 0 amide bonds. The molecule has 2 heterocycles. The molecule has 19 heavy (non-hydrogen) atoms. The molecule has 0 radical (unpaired) electrons. The van der Waals surface area contributed by atoms with E-state index in [0.29, 0.717) is 27.9 Å². The van der Waals surface area contributed by atoms with Crippen molar-refractivity contribution in [3.63, 3.8) is 0 Å². The van der Waals surface area contributed by atoms with Crippen LogP contribution >= 0.6 is 23.8 Å². The predicted molar refractivity (Wildman–Crippen MR) is 75.7 cm³/mol. The average Bonchev–Trinajstić information content (AvgIpc) is 2.88. The van der Waals surface area contributed by atoms with E-state index in [1.807, 2.05) is 18.5 Å². The summed E-state index contributed by atoms with van der Waals surface area (Å²) in [4.78, 5) is 0. The summed E-state index contributed by atoms with van der Waals surface area (Å²) < 4.78 is 9.43. The number of aromatic amines is 1. The fraction of sp³-hybridized carbons (Fsp3) is 0.545. The second-order valence-corrected chi connectivity index (χ2v) is 4.85. The molecule has 0 aromatic carbocycles. The Labute approximate surface area is 121 Å². The summed E-state index contributed by atoms with van der Waals surface area (Å²) in [6.07, 6.45) is 2.60. The molecule has 1 N–H and O–H groups in total. The van der Waals surface area contributed by atoms with Crippen molar-refractivity contribution in [1.82, 2.24) is 24.5 Å². The van der Waals surface area contributed by atoms with E-state index < -0.39 is 0 Å². The molecule has 104 valence electrons. The zero-order valence-electron chi connectivity index (χ0n) is 10.9. The van der Waals surface area contributed by atoms with Crippen LogP contribution in [-0.4, -0.2) is 37.8 Å². The van der Waals surface area contributed by atoms with Crippen molar-refractivity contribution in [1.29, 1.82) is 0 Å². The molecule has 0 aliphatic heterocycles. The van der Waals surface area contributed by atoms with Crippen LogP contribution in [-0.2, 0) is 18.3 Å². The fourth-order valence-corrected chi connectivity index (χ4v) is 2.27. The molecule has 0 aliphatic carbocycles. The maximum absolute atomic E-state index is 6.14. The third-order valence-electron chi connectivity index (χ3n) is 2.63. The topological polar surface area (TPSA) is 60.7 Å². The van der Waals surface area contributed by atoms with Crippen molar-refractivity contribution in [2.45, 2.75) is 19.9 Å². The lowest BCUT2D eigenvalue weighted by Crippen LogP contribution is -2.05. The van der Waals surface area contributed by atoms with Gasteiger partial charge in [0.2, 0.25) is 0 Å². The quantitative estimate of drug-likeness (QED) is 0.657. The Balaban J connectivity index is 2.22. The van der Waals surface area contributed by atoms with Crippen molar-refractivity contribution in [3.8, 4) is 11.5 Å². The molecule has 0 unspecified atom stereocenters. The molecule has 0 saturated heterocycles. The van der Waals surface area contributed by atoms with Gasteiger partial charge in [-0.05, 0) is 25.6 Å². The highest BCUT2D eigenvalue weighted by atomic mass is 35.5. The number of nitrogens with one attached hydrogen (secondary N) is 1. The van der Waals surface area contributed by atoms with Gasteiger partial charge in [0, 0.05) is 33.0 Å². The minimum Gasteiger partial charge on any atom is -0.382 e. The predicted octanol–water partition coefficient (Wildman–Crippen LogP) is 2.42. The third-order valence-corrected chi connectivity index (χ3v) is 3.22. The minimum absolute atomic E-state index is 0.558. The molecule has 8 heteroatoms. The number of hydrogen-bond donors (Lipinski definition) is 1. The van der Waals surface area contributed by atoms with Crippen LogP contribution in [0.2, 0.25) is 5.02 Å². The van der Waals surface area contributed by atoms with Gasteiger partial charge in [-0.3, -0.25) is 14.3 Å². The van der Waals surface area contributed by atoms with Crippen LogP contribution < -0.4 is 0 Å². The molecule has 2 rings (SSSR count). The first-order valence-electron chi connectivity index (χ1n) is 6.06. The number of rotatable bonds is 6. The highest BCUT2D eigenvalue weighted by molar-refractivity contribution is 7.71. The van der Waals surface area contributed by atoms with Gasteiger partial charge in [-0.1, -0.05) is 11.6 Å². The van der Waals surface area contributed by atoms with Crippen molar-refractivity contribution in [3.05, 3.63) is 16.0 Å². The molecule has 0 aliphatic rings. The average molecular weight is 302 g/mol. The van der Waals surface area contributed by atoms with Crippen LogP contribution in [0, 0.1) is 4.77 Å². The van der Waals surface area contributed by atoms with Gasteiger partial charge < -0.3 is 4.74 Å². The van der Waals surface area contributed by atoms with Gasteiger partial charge in [0.05, 0.1) is 5.02 Å². The molecule has 6 nitrogen and oxygen atoms in total. The Morgan fingerprint density at radius 2 is 2.32 bits per heavy atom. The van der Waals surface area contributed by atoms with Crippen LogP contribution in [0.5, 0.6) is 0 Å². The van der Waals surface area contributed by atoms with E-state index >= 15 is 0 Å². The third kappa shape index (κ3) is 3.23. The maximum Gasteiger partial charge on any atom is 0.195 e. The number of hydrogen-bond acceptors (Lipinski definition) is 4. The Hall–Kier alpha value is -1.18. The van der Waals surface area contributed by atoms with Gasteiger partial charge in [0.15, 0.2) is 10.6 Å². The first-order chi connectivity index (χ1) is 9.13. The Morgan fingerprint density at radius 1 is 1.53 bits per heavy atom. The number of aromatic nitrogens is 5. The molecule has 0 saturated carbocycles. The summed E-state index contributed by atoms with van der Waals surface area (Å²) in [5.41, 5.74) is 0.632. The van der Waals surface area contributed by atoms with E-state index in [-0.39, 0.29) is 0 Å². The van der Waals surface area contributed by atoms with E-state index in [9.17, 15) is 0 Å². The summed E-state index contributed by atoms with van der Waals surface area (Å²) >= 11 is 11.4. The molecule has 2 aromatic heterocycles. The van der Waals surface area contributed by atoms with Gasteiger partial charge >= 0.3 is 0 Å². The minimum atomic E-state index is 0.558. The van der Waals surface area contributed by atoms with Crippen molar-refractivity contribution in [2.24, 2.45) is 7.05 Å². The Kier molecular flexibility index (Phi) is 4.73. The highest BCUT2D eigenvalue weighted by Crippen LogP contribution is 2.24. The van der Waals surface area contributed by atoms with E-state index in [2.05, 4.69) is 15.3 Å².